The van der Waals surface area contributed by atoms with E-state index in [4.69, 9.17) is 14.2 Å². The number of rotatable bonds is 9. The lowest BCUT2D eigenvalue weighted by molar-refractivity contribution is 0.354. The summed E-state index contributed by atoms with van der Waals surface area (Å²) in [4.78, 5) is 0. The molecule has 3 aromatic carbocycles. The SMILES string of the molecule is COc1ccc(C#Cc2ccccc2)c(CC(C)NC(C)Cc2ccc(OC)c(OC)c2)c1. The number of methoxy groups -OCH3 is 3. The van der Waals surface area contributed by atoms with E-state index < -0.39 is 0 Å². The van der Waals surface area contributed by atoms with Crippen LogP contribution >= 0.6 is 0 Å². The summed E-state index contributed by atoms with van der Waals surface area (Å²) in [5, 5.41) is 3.72. The van der Waals surface area contributed by atoms with E-state index >= 15 is 0 Å². The zero-order chi connectivity index (χ0) is 23.6. The fourth-order valence-corrected chi connectivity index (χ4v) is 3.94. The van der Waals surface area contributed by atoms with Crippen LogP contribution in [0.25, 0.3) is 0 Å². The first-order valence-corrected chi connectivity index (χ1v) is 11.2. The molecule has 0 heterocycles. The summed E-state index contributed by atoms with van der Waals surface area (Å²) in [6.45, 7) is 4.41. The molecule has 2 atom stereocenters. The highest BCUT2D eigenvalue weighted by atomic mass is 16.5. The van der Waals surface area contributed by atoms with Gasteiger partial charge in [-0.25, -0.2) is 0 Å². The maximum absolute atomic E-state index is 5.46. The van der Waals surface area contributed by atoms with Gasteiger partial charge in [0.15, 0.2) is 11.5 Å². The Morgan fingerprint density at radius 2 is 1.45 bits per heavy atom. The first-order chi connectivity index (χ1) is 16.0. The third kappa shape index (κ3) is 7.03. The van der Waals surface area contributed by atoms with E-state index in [1.165, 1.54) is 11.1 Å². The third-order valence-electron chi connectivity index (χ3n) is 5.51. The van der Waals surface area contributed by atoms with Gasteiger partial charge in [-0.05, 0) is 80.3 Å². The standard InChI is InChI=1S/C29H33NO3/c1-21(17-24-12-16-28(32-4)29(19-24)33-5)30-22(2)18-26-20-27(31-3)15-14-25(26)13-11-23-9-7-6-8-10-23/h6-10,12,14-16,19-22,30H,17-18H2,1-5H3. The minimum absolute atomic E-state index is 0.268. The molecule has 172 valence electrons. The van der Waals surface area contributed by atoms with Gasteiger partial charge in [-0.1, -0.05) is 36.1 Å². The molecule has 3 aromatic rings. The van der Waals surface area contributed by atoms with E-state index in [1.54, 1.807) is 21.3 Å². The van der Waals surface area contributed by atoms with E-state index in [0.29, 0.717) is 6.04 Å². The van der Waals surface area contributed by atoms with Crippen LogP contribution in [0.4, 0.5) is 0 Å². The molecule has 0 spiro atoms. The van der Waals surface area contributed by atoms with Crippen LogP contribution in [0.15, 0.2) is 66.7 Å². The molecule has 0 bridgehead atoms. The smallest absolute Gasteiger partial charge is 0.160 e. The highest BCUT2D eigenvalue weighted by molar-refractivity contribution is 5.49. The summed E-state index contributed by atoms with van der Waals surface area (Å²) < 4.78 is 16.2. The molecule has 0 aliphatic carbocycles. The van der Waals surface area contributed by atoms with Crippen molar-refractivity contribution < 1.29 is 14.2 Å². The summed E-state index contributed by atoms with van der Waals surface area (Å²) in [7, 11) is 5.01. The van der Waals surface area contributed by atoms with E-state index in [9.17, 15) is 0 Å². The summed E-state index contributed by atoms with van der Waals surface area (Å²) in [6, 6.07) is 22.8. The second-order valence-electron chi connectivity index (χ2n) is 8.21. The van der Waals surface area contributed by atoms with Crippen LogP contribution in [0.2, 0.25) is 0 Å². The van der Waals surface area contributed by atoms with Crippen LogP contribution < -0.4 is 19.5 Å². The lowest BCUT2D eigenvalue weighted by Crippen LogP contribution is -2.37. The van der Waals surface area contributed by atoms with Crippen molar-refractivity contribution >= 4 is 0 Å². The molecule has 2 unspecified atom stereocenters. The van der Waals surface area contributed by atoms with Gasteiger partial charge in [0.1, 0.15) is 5.75 Å². The molecule has 0 aromatic heterocycles. The van der Waals surface area contributed by atoms with E-state index in [-0.39, 0.29) is 6.04 Å². The van der Waals surface area contributed by atoms with Crippen LogP contribution in [0.5, 0.6) is 17.2 Å². The number of ether oxygens (including phenoxy) is 3. The summed E-state index contributed by atoms with van der Waals surface area (Å²) in [5.41, 5.74) is 4.42. The van der Waals surface area contributed by atoms with E-state index in [1.807, 2.05) is 54.6 Å². The molecule has 0 radical (unpaired) electrons. The van der Waals surface area contributed by atoms with Gasteiger partial charge in [-0.15, -0.1) is 0 Å². The van der Waals surface area contributed by atoms with Crippen LogP contribution in [-0.4, -0.2) is 33.4 Å². The van der Waals surface area contributed by atoms with Gasteiger partial charge in [-0.2, -0.15) is 0 Å². The molecule has 0 fully saturated rings. The van der Waals surface area contributed by atoms with E-state index in [2.05, 4.69) is 43.1 Å². The van der Waals surface area contributed by atoms with Gasteiger partial charge in [-0.3, -0.25) is 0 Å². The molecule has 4 nitrogen and oxygen atoms in total. The summed E-state index contributed by atoms with van der Waals surface area (Å²) in [6.07, 6.45) is 1.75. The molecule has 0 amide bonds. The zero-order valence-electron chi connectivity index (χ0n) is 20.1. The largest absolute Gasteiger partial charge is 0.497 e. The monoisotopic (exact) mass is 443 g/mol. The minimum Gasteiger partial charge on any atom is -0.497 e. The first kappa shape index (κ1) is 24.2. The highest BCUT2D eigenvalue weighted by Gasteiger charge is 2.13. The van der Waals surface area contributed by atoms with Crippen molar-refractivity contribution in [2.45, 2.75) is 38.8 Å². The lowest BCUT2D eigenvalue weighted by atomic mass is 9.99. The third-order valence-corrected chi connectivity index (χ3v) is 5.51. The molecule has 1 N–H and O–H groups in total. The lowest BCUT2D eigenvalue weighted by Gasteiger charge is -2.21. The van der Waals surface area contributed by atoms with Gasteiger partial charge >= 0.3 is 0 Å². The van der Waals surface area contributed by atoms with Crippen molar-refractivity contribution in [1.82, 2.24) is 5.32 Å². The highest BCUT2D eigenvalue weighted by Crippen LogP contribution is 2.28. The number of hydrogen-bond acceptors (Lipinski definition) is 4. The minimum atomic E-state index is 0.268. The Morgan fingerprint density at radius 1 is 0.727 bits per heavy atom. The number of nitrogens with one attached hydrogen (secondary N) is 1. The topological polar surface area (TPSA) is 39.7 Å². The van der Waals surface area contributed by atoms with Crippen LogP contribution in [0.3, 0.4) is 0 Å². The predicted molar refractivity (Wildman–Crippen MR) is 134 cm³/mol. The first-order valence-electron chi connectivity index (χ1n) is 11.2. The van der Waals surface area contributed by atoms with Crippen molar-refractivity contribution in [2.24, 2.45) is 0 Å². The molecule has 0 aliphatic heterocycles. The van der Waals surface area contributed by atoms with Crippen molar-refractivity contribution in [1.29, 1.82) is 0 Å². The van der Waals surface area contributed by atoms with E-state index in [0.717, 1.165) is 41.2 Å². The zero-order valence-corrected chi connectivity index (χ0v) is 20.1. The molecule has 3 rings (SSSR count). The van der Waals surface area contributed by atoms with Crippen molar-refractivity contribution in [3.05, 3.63) is 89.0 Å². The van der Waals surface area contributed by atoms with Crippen molar-refractivity contribution in [2.75, 3.05) is 21.3 Å². The maximum atomic E-state index is 5.46. The quantitative estimate of drug-likeness (QED) is 0.458. The molecule has 33 heavy (non-hydrogen) atoms. The molecule has 0 saturated heterocycles. The fraction of sp³-hybridized carbons (Fsp3) is 0.310. The molecular weight excluding hydrogens is 410 g/mol. The van der Waals surface area contributed by atoms with Gasteiger partial charge in [0.25, 0.3) is 0 Å². The number of benzene rings is 3. The van der Waals surface area contributed by atoms with Gasteiger partial charge < -0.3 is 19.5 Å². The van der Waals surface area contributed by atoms with Gasteiger partial charge in [0.2, 0.25) is 0 Å². The van der Waals surface area contributed by atoms with Crippen LogP contribution in [-0.2, 0) is 12.8 Å². The Bertz CT molecular complexity index is 1100. The Kier molecular flexibility index (Phi) is 8.80. The normalized spacial score (nSPS) is 12.3. The van der Waals surface area contributed by atoms with Crippen molar-refractivity contribution in [3.8, 4) is 29.1 Å². The maximum Gasteiger partial charge on any atom is 0.160 e. The molecular formula is C29H33NO3. The van der Waals surface area contributed by atoms with Crippen LogP contribution in [0.1, 0.15) is 36.1 Å². The van der Waals surface area contributed by atoms with Gasteiger partial charge in [0.05, 0.1) is 21.3 Å². The Labute approximate surface area is 197 Å². The Morgan fingerprint density at radius 3 is 2.15 bits per heavy atom. The summed E-state index contributed by atoms with van der Waals surface area (Å²) >= 11 is 0. The Balaban J connectivity index is 1.69. The Hall–Kier alpha value is -3.42. The van der Waals surface area contributed by atoms with Crippen LogP contribution in [0, 0.1) is 11.8 Å². The second kappa shape index (κ2) is 12.0. The second-order valence-corrected chi connectivity index (χ2v) is 8.21. The number of hydrogen-bond donors (Lipinski definition) is 1. The average Bonchev–Trinajstić information content (AvgIpc) is 2.83. The average molecular weight is 444 g/mol. The van der Waals surface area contributed by atoms with Crippen molar-refractivity contribution in [3.63, 3.8) is 0 Å². The predicted octanol–water partition coefficient (Wildman–Crippen LogP) is 5.26. The molecule has 0 saturated carbocycles. The van der Waals surface area contributed by atoms with Gasteiger partial charge in [0, 0.05) is 23.2 Å². The summed E-state index contributed by atoms with van der Waals surface area (Å²) in [5.74, 6) is 8.97. The fourth-order valence-electron chi connectivity index (χ4n) is 3.94. The molecule has 4 heteroatoms. The molecule has 0 aliphatic rings.